The second-order valence-electron chi connectivity index (χ2n) is 4.38. The van der Waals surface area contributed by atoms with E-state index in [0.717, 1.165) is 0 Å². The van der Waals surface area contributed by atoms with Gasteiger partial charge in [0.15, 0.2) is 6.10 Å². The number of amides is 1. The number of halogens is 1. The maximum atomic E-state index is 13.3. The standard InChI is InChI=1S/C13H17FN2O3/c1-9(13(17)16-4-6-18-7-5-16)19-10-2-3-12(15)11(14)8-10/h2-3,8-9H,4-7,15H2,1H3. The van der Waals surface area contributed by atoms with Crippen molar-refractivity contribution in [1.29, 1.82) is 0 Å². The lowest BCUT2D eigenvalue weighted by molar-refractivity contribution is -0.142. The van der Waals surface area contributed by atoms with Crippen LogP contribution in [-0.2, 0) is 9.53 Å². The third-order valence-electron chi connectivity index (χ3n) is 2.96. The zero-order valence-electron chi connectivity index (χ0n) is 10.8. The number of hydrogen-bond acceptors (Lipinski definition) is 4. The Kier molecular flexibility index (Phi) is 4.21. The molecule has 0 radical (unpaired) electrons. The Morgan fingerprint density at radius 3 is 2.79 bits per heavy atom. The molecule has 1 aromatic carbocycles. The largest absolute Gasteiger partial charge is 0.481 e. The molecule has 1 fully saturated rings. The molecule has 5 nitrogen and oxygen atoms in total. The summed E-state index contributed by atoms with van der Waals surface area (Å²) in [4.78, 5) is 13.8. The molecule has 2 N–H and O–H groups in total. The number of nitrogens with two attached hydrogens (primary N) is 1. The van der Waals surface area contributed by atoms with E-state index >= 15 is 0 Å². The van der Waals surface area contributed by atoms with E-state index in [0.29, 0.717) is 32.1 Å². The molecule has 1 aromatic rings. The predicted molar refractivity (Wildman–Crippen MR) is 68.3 cm³/mol. The van der Waals surface area contributed by atoms with Crippen LogP contribution >= 0.6 is 0 Å². The monoisotopic (exact) mass is 268 g/mol. The Balaban J connectivity index is 1.97. The second-order valence-corrected chi connectivity index (χ2v) is 4.38. The van der Waals surface area contributed by atoms with Crippen LogP contribution in [0.2, 0.25) is 0 Å². The van der Waals surface area contributed by atoms with Crippen molar-refractivity contribution in [1.82, 2.24) is 4.90 Å². The number of carbonyl (C=O) groups is 1. The van der Waals surface area contributed by atoms with E-state index in [1.54, 1.807) is 17.9 Å². The van der Waals surface area contributed by atoms with Crippen molar-refractivity contribution in [3.05, 3.63) is 24.0 Å². The molecule has 1 amide bonds. The van der Waals surface area contributed by atoms with Gasteiger partial charge < -0.3 is 20.1 Å². The third kappa shape index (κ3) is 3.35. The molecule has 1 aliphatic rings. The summed E-state index contributed by atoms with van der Waals surface area (Å²) in [7, 11) is 0. The van der Waals surface area contributed by atoms with Crippen LogP contribution in [0, 0.1) is 5.82 Å². The Morgan fingerprint density at radius 2 is 2.16 bits per heavy atom. The van der Waals surface area contributed by atoms with Crippen LogP contribution in [0.5, 0.6) is 5.75 Å². The van der Waals surface area contributed by atoms with E-state index in [9.17, 15) is 9.18 Å². The van der Waals surface area contributed by atoms with E-state index in [1.165, 1.54) is 12.1 Å². The van der Waals surface area contributed by atoms with Crippen molar-refractivity contribution >= 4 is 11.6 Å². The van der Waals surface area contributed by atoms with E-state index in [-0.39, 0.29) is 11.6 Å². The Labute approximate surface area is 111 Å². The summed E-state index contributed by atoms with van der Waals surface area (Å²) >= 11 is 0. The number of rotatable bonds is 3. The number of nitrogen functional groups attached to an aromatic ring is 1. The van der Waals surface area contributed by atoms with Gasteiger partial charge in [-0.25, -0.2) is 4.39 Å². The Bertz CT molecular complexity index is 461. The van der Waals surface area contributed by atoms with Gasteiger partial charge in [0.2, 0.25) is 0 Å². The minimum absolute atomic E-state index is 0.0551. The maximum absolute atomic E-state index is 13.3. The zero-order chi connectivity index (χ0) is 13.8. The summed E-state index contributed by atoms with van der Waals surface area (Å²) in [6, 6.07) is 4.14. The van der Waals surface area contributed by atoms with Crippen molar-refractivity contribution in [2.75, 3.05) is 32.0 Å². The highest BCUT2D eigenvalue weighted by molar-refractivity contribution is 5.81. The van der Waals surface area contributed by atoms with Gasteiger partial charge >= 0.3 is 0 Å². The van der Waals surface area contributed by atoms with E-state index < -0.39 is 11.9 Å². The van der Waals surface area contributed by atoms with E-state index in [2.05, 4.69) is 0 Å². The van der Waals surface area contributed by atoms with E-state index in [4.69, 9.17) is 15.2 Å². The van der Waals surface area contributed by atoms with Gasteiger partial charge in [0.05, 0.1) is 18.9 Å². The average molecular weight is 268 g/mol. The fourth-order valence-electron chi connectivity index (χ4n) is 1.88. The number of nitrogens with zero attached hydrogens (tertiary/aromatic N) is 1. The molecule has 6 heteroatoms. The second kappa shape index (κ2) is 5.88. The first kappa shape index (κ1) is 13.6. The first-order valence-corrected chi connectivity index (χ1v) is 6.16. The maximum Gasteiger partial charge on any atom is 0.263 e. The van der Waals surface area contributed by atoms with Gasteiger partial charge in [-0.15, -0.1) is 0 Å². The first-order chi connectivity index (χ1) is 9.08. The van der Waals surface area contributed by atoms with Crippen LogP contribution in [0.3, 0.4) is 0 Å². The van der Waals surface area contributed by atoms with Crippen LogP contribution in [0.15, 0.2) is 18.2 Å². The predicted octanol–water partition coefficient (Wildman–Crippen LogP) is 1.03. The van der Waals surface area contributed by atoms with Crippen molar-refractivity contribution in [3.8, 4) is 5.75 Å². The van der Waals surface area contributed by atoms with Gasteiger partial charge in [-0.1, -0.05) is 0 Å². The molecule has 0 aromatic heterocycles. The summed E-state index contributed by atoms with van der Waals surface area (Å²) in [6.45, 7) is 3.83. The number of morpholine rings is 1. The SMILES string of the molecule is CC(Oc1ccc(N)c(F)c1)C(=O)N1CCOCC1. The summed E-state index contributed by atoms with van der Waals surface area (Å²) in [5.41, 5.74) is 5.43. The fourth-order valence-corrected chi connectivity index (χ4v) is 1.88. The van der Waals surface area contributed by atoms with Crippen molar-refractivity contribution < 1.29 is 18.7 Å². The molecular formula is C13H17FN2O3. The van der Waals surface area contributed by atoms with Crippen LogP contribution in [-0.4, -0.2) is 43.2 Å². The molecule has 0 spiro atoms. The van der Waals surface area contributed by atoms with Crippen molar-refractivity contribution in [2.45, 2.75) is 13.0 Å². The quantitative estimate of drug-likeness (QED) is 0.832. The van der Waals surface area contributed by atoms with Crippen LogP contribution in [0.1, 0.15) is 6.92 Å². The number of ether oxygens (including phenoxy) is 2. The summed E-state index contributed by atoms with van der Waals surface area (Å²) < 4.78 is 23.9. The van der Waals surface area contributed by atoms with E-state index in [1.807, 2.05) is 0 Å². The lowest BCUT2D eigenvalue weighted by atomic mass is 10.2. The number of carbonyl (C=O) groups excluding carboxylic acids is 1. The highest BCUT2D eigenvalue weighted by Gasteiger charge is 2.23. The number of benzene rings is 1. The molecule has 0 saturated carbocycles. The molecule has 0 aliphatic carbocycles. The average Bonchev–Trinajstić information content (AvgIpc) is 2.43. The molecular weight excluding hydrogens is 251 g/mol. The molecule has 0 bridgehead atoms. The molecule has 1 unspecified atom stereocenters. The van der Waals surface area contributed by atoms with Gasteiger partial charge in [-0.3, -0.25) is 4.79 Å². The lowest BCUT2D eigenvalue weighted by Gasteiger charge is -2.29. The zero-order valence-corrected chi connectivity index (χ0v) is 10.8. The topological polar surface area (TPSA) is 64.8 Å². The smallest absolute Gasteiger partial charge is 0.263 e. The van der Waals surface area contributed by atoms with Gasteiger partial charge in [0, 0.05) is 19.2 Å². The fraction of sp³-hybridized carbons (Fsp3) is 0.462. The van der Waals surface area contributed by atoms with Crippen molar-refractivity contribution in [3.63, 3.8) is 0 Å². The molecule has 104 valence electrons. The van der Waals surface area contributed by atoms with Crippen LogP contribution in [0.25, 0.3) is 0 Å². The highest BCUT2D eigenvalue weighted by atomic mass is 19.1. The number of anilines is 1. The van der Waals surface area contributed by atoms with Crippen LogP contribution in [0.4, 0.5) is 10.1 Å². The molecule has 19 heavy (non-hydrogen) atoms. The van der Waals surface area contributed by atoms with Gasteiger partial charge in [-0.05, 0) is 19.1 Å². The summed E-state index contributed by atoms with van der Waals surface area (Å²) in [5.74, 6) is -0.384. The van der Waals surface area contributed by atoms with Gasteiger partial charge in [-0.2, -0.15) is 0 Å². The van der Waals surface area contributed by atoms with Gasteiger partial charge in [0.25, 0.3) is 5.91 Å². The van der Waals surface area contributed by atoms with Crippen molar-refractivity contribution in [2.24, 2.45) is 0 Å². The summed E-state index contributed by atoms with van der Waals surface area (Å²) in [5, 5.41) is 0. The Morgan fingerprint density at radius 1 is 1.47 bits per heavy atom. The van der Waals surface area contributed by atoms with Crippen LogP contribution < -0.4 is 10.5 Å². The summed E-state index contributed by atoms with van der Waals surface area (Å²) in [6.07, 6.45) is -0.666. The minimum Gasteiger partial charge on any atom is -0.481 e. The first-order valence-electron chi connectivity index (χ1n) is 6.16. The minimum atomic E-state index is -0.666. The normalized spacial score (nSPS) is 17.1. The van der Waals surface area contributed by atoms with Gasteiger partial charge in [0.1, 0.15) is 11.6 Å². The molecule has 1 atom stereocenters. The number of hydrogen-bond donors (Lipinski definition) is 1. The third-order valence-corrected chi connectivity index (χ3v) is 2.96. The molecule has 2 rings (SSSR count). The Hall–Kier alpha value is -1.82. The highest BCUT2D eigenvalue weighted by Crippen LogP contribution is 2.19. The molecule has 1 aliphatic heterocycles. The lowest BCUT2D eigenvalue weighted by Crippen LogP contribution is -2.46. The molecule has 1 heterocycles. The molecule has 1 saturated heterocycles.